The van der Waals surface area contributed by atoms with E-state index in [0.29, 0.717) is 13.1 Å². The minimum atomic E-state index is -3.86. The molecule has 0 saturated carbocycles. The van der Waals surface area contributed by atoms with Gasteiger partial charge in [0.05, 0.1) is 10.9 Å². The molecule has 1 aromatic carbocycles. The fourth-order valence-electron chi connectivity index (χ4n) is 2.66. The van der Waals surface area contributed by atoms with Crippen LogP contribution in [-0.2, 0) is 16.6 Å². The average molecular weight is 312 g/mol. The SMILES string of the molecule is CC1c2cccn2CCN1S(=O)(=O)c1ccc(F)c(F)c1. The standard InChI is InChI=1S/C14H14F2N2O2S/c1-10-14-3-2-6-17(14)7-8-18(10)21(19,20)11-4-5-12(15)13(16)9-11/h2-6,9-10H,7-8H2,1H3. The molecular weight excluding hydrogens is 298 g/mol. The molecule has 0 bridgehead atoms. The summed E-state index contributed by atoms with van der Waals surface area (Å²) in [6.07, 6.45) is 1.90. The Balaban J connectivity index is 2.01. The van der Waals surface area contributed by atoms with Gasteiger partial charge in [0, 0.05) is 25.0 Å². The van der Waals surface area contributed by atoms with E-state index in [1.165, 1.54) is 4.31 Å². The largest absolute Gasteiger partial charge is 0.349 e. The first-order chi connectivity index (χ1) is 9.91. The molecule has 7 heteroatoms. The molecule has 1 aliphatic heterocycles. The van der Waals surface area contributed by atoms with Crippen LogP contribution in [0.1, 0.15) is 18.7 Å². The molecule has 1 atom stereocenters. The van der Waals surface area contributed by atoms with Crippen molar-refractivity contribution in [2.45, 2.75) is 24.4 Å². The molecular formula is C14H14F2N2O2S. The molecule has 0 aliphatic carbocycles. The van der Waals surface area contributed by atoms with Gasteiger partial charge in [0.25, 0.3) is 0 Å². The van der Waals surface area contributed by atoms with Gasteiger partial charge in [-0.2, -0.15) is 4.31 Å². The first-order valence-corrected chi connectivity index (χ1v) is 7.97. The molecule has 1 aromatic heterocycles. The van der Waals surface area contributed by atoms with Crippen molar-refractivity contribution in [3.8, 4) is 0 Å². The Morgan fingerprint density at radius 3 is 2.62 bits per heavy atom. The molecule has 2 heterocycles. The van der Waals surface area contributed by atoms with Gasteiger partial charge in [0.15, 0.2) is 11.6 Å². The molecule has 0 saturated heterocycles. The fourth-order valence-corrected chi connectivity index (χ4v) is 4.27. The summed E-state index contributed by atoms with van der Waals surface area (Å²) in [5.74, 6) is -2.22. The van der Waals surface area contributed by atoms with Crippen LogP contribution in [0.5, 0.6) is 0 Å². The van der Waals surface area contributed by atoms with Crippen LogP contribution >= 0.6 is 0 Å². The third-order valence-corrected chi connectivity index (χ3v) is 5.75. The maximum atomic E-state index is 13.3. The summed E-state index contributed by atoms with van der Waals surface area (Å²) in [6, 6.07) is 6.02. The quantitative estimate of drug-likeness (QED) is 0.855. The van der Waals surface area contributed by atoms with Crippen LogP contribution < -0.4 is 0 Å². The maximum absolute atomic E-state index is 13.3. The second kappa shape index (κ2) is 4.92. The van der Waals surface area contributed by atoms with E-state index in [9.17, 15) is 17.2 Å². The van der Waals surface area contributed by atoms with E-state index in [1.54, 1.807) is 6.92 Å². The second-order valence-corrected chi connectivity index (χ2v) is 6.88. The molecule has 21 heavy (non-hydrogen) atoms. The number of sulfonamides is 1. The Labute approximate surface area is 121 Å². The van der Waals surface area contributed by atoms with Gasteiger partial charge in [-0.1, -0.05) is 0 Å². The van der Waals surface area contributed by atoms with Crippen LogP contribution in [0.3, 0.4) is 0 Å². The number of hydrogen-bond acceptors (Lipinski definition) is 2. The van der Waals surface area contributed by atoms with Crippen LogP contribution in [0.4, 0.5) is 8.78 Å². The highest BCUT2D eigenvalue weighted by Crippen LogP contribution is 2.31. The zero-order chi connectivity index (χ0) is 15.2. The first kappa shape index (κ1) is 14.2. The van der Waals surface area contributed by atoms with Gasteiger partial charge in [-0.25, -0.2) is 17.2 Å². The van der Waals surface area contributed by atoms with E-state index in [0.717, 1.165) is 23.9 Å². The number of fused-ring (bicyclic) bond motifs is 1. The highest BCUT2D eigenvalue weighted by Gasteiger charge is 2.34. The molecule has 1 unspecified atom stereocenters. The minimum Gasteiger partial charge on any atom is -0.349 e. The zero-order valence-corrected chi connectivity index (χ0v) is 12.1. The summed E-state index contributed by atoms with van der Waals surface area (Å²) < 4.78 is 54.8. The Hall–Kier alpha value is -1.73. The smallest absolute Gasteiger partial charge is 0.243 e. The van der Waals surface area contributed by atoms with Crippen LogP contribution in [0.15, 0.2) is 41.4 Å². The summed E-state index contributed by atoms with van der Waals surface area (Å²) in [5, 5.41) is 0. The summed E-state index contributed by atoms with van der Waals surface area (Å²) in [4.78, 5) is -0.228. The van der Waals surface area contributed by atoms with E-state index in [-0.39, 0.29) is 10.9 Å². The third kappa shape index (κ3) is 2.26. The number of halogens is 2. The van der Waals surface area contributed by atoms with Crippen LogP contribution in [0.25, 0.3) is 0 Å². The predicted molar refractivity (Wildman–Crippen MR) is 73.1 cm³/mol. The van der Waals surface area contributed by atoms with Crippen LogP contribution in [0, 0.1) is 11.6 Å². The van der Waals surface area contributed by atoms with Gasteiger partial charge in [0.1, 0.15) is 0 Å². The van der Waals surface area contributed by atoms with Crippen LogP contribution in [0.2, 0.25) is 0 Å². The highest BCUT2D eigenvalue weighted by molar-refractivity contribution is 7.89. The van der Waals surface area contributed by atoms with E-state index in [2.05, 4.69) is 0 Å². The van der Waals surface area contributed by atoms with E-state index in [1.807, 2.05) is 22.9 Å². The third-order valence-electron chi connectivity index (χ3n) is 3.78. The van der Waals surface area contributed by atoms with Gasteiger partial charge >= 0.3 is 0 Å². The molecule has 3 rings (SSSR count). The number of aromatic nitrogens is 1. The predicted octanol–water partition coefficient (Wildman–Crippen LogP) is 2.53. The van der Waals surface area contributed by atoms with Crippen molar-refractivity contribution >= 4 is 10.0 Å². The Morgan fingerprint density at radius 1 is 1.14 bits per heavy atom. The second-order valence-electron chi connectivity index (χ2n) is 4.99. The lowest BCUT2D eigenvalue weighted by Crippen LogP contribution is -2.40. The lowest BCUT2D eigenvalue weighted by molar-refractivity contribution is 0.282. The summed E-state index contributed by atoms with van der Waals surface area (Å²) in [6.45, 7) is 2.61. The molecule has 4 nitrogen and oxygen atoms in total. The molecule has 0 fully saturated rings. The number of nitrogens with zero attached hydrogens (tertiary/aromatic N) is 2. The summed E-state index contributed by atoms with van der Waals surface area (Å²) in [7, 11) is -3.86. The maximum Gasteiger partial charge on any atom is 0.243 e. The van der Waals surface area contributed by atoms with Crippen molar-refractivity contribution < 1.29 is 17.2 Å². The molecule has 0 radical (unpaired) electrons. The van der Waals surface area contributed by atoms with E-state index in [4.69, 9.17) is 0 Å². The molecule has 1 aliphatic rings. The van der Waals surface area contributed by atoms with Crippen molar-refractivity contribution in [3.63, 3.8) is 0 Å². The number of benzene rings is 1. The number of rotatable bonds is 2. The molecule has 0 N–H and O–H groups in total. The van der Waals surface area contributed by atoms with Gasteiger partial charge in [-0.05, 0) is 37.3 Å². The Bertz CT molecular complexity index is 786. The number of hydrogen-bond donors (Lipinski definition) is 0. The molecule has 2 aromatic rings. The van der Waals surface area contributed by atoms with Crippen molar-refractivity contribution in [3.05, 3.63) is 53.9 Å². The molecule has 112 valence electrons. The Kier molecular flexibility index (Phi) is 3.33. The van der Waals surface area contributed by atoms with Gasteiger partial charge in [0.2, 0.25) is 10.0 Å². The fraction of sp³-hybridized carbons (Fsp3) is 0.286. The van der Waals surface area contributed by atoms with Gasteiger partial charge < -0.3 is 4.57 Å². The van der Waals surface area contributed by atoms with Gasteiger partial charge in [-0.3, -0.25) is 0 Å². The topological polar surface area (TPSA) is 42.3 Å². The summed E-state index contributed by atoms with van der Waals surface area (Å²) >= 11 is 0. The summed E-state index contributed by atoms with van der Waals surface area (Å²) in [5.41, 5.74) is 0.882. The average Bonchev–Trinajstić information content (AvgIpc) is 2.91. The van der Waals surface area contributed by atoms with E-state index >= 15 is 0 Å². The minimum absolute atomic E-state index is 0.228. The van der Waals surface area contributed by atoms with Crippen molar-refractivity contribution in [2.24, 2.45) is 0 Å². The lowest BCUT2D eigenvalue weighted by Gasteiger charge is -2.33. The van der Waals surface area contributed by atoms with Crippen molar-refractivity contribution in [2.75, 3.05) is 6.54 Å². The Morgan fingerprint density at radius 2 is 1.90 bits per heavy atom. The van der Waals surface area contributed by atoms with Crippen molar-refractivity contribution in [1.29, 1.82) is 0 Å². The monoisotopic (exact) mass is 312 g/mol. The first-order valence-electron chi connectivity index (χ1n) is 6.53. The van der Waals surface area contributed by atoms with Crippen LogP contribution in [-0.4, -0.2) is 23.8 Å². The highest BCUT2D eigenvalue weighted by atomic mass is 32.2. The normalized spacial score (nSPS) is 19.5. The van der Waals surface area contributed by atoms with Crippen molar-refractivity contribution in [1.82, 2.24) is 8.87 Å². The van der Waals surface area contributed by atoms with E-state index < -0.39 is 21.7 Å². The van der Waals surface area contributed by atoms with Gasteiger partial charge in [-0.15, -0.1) is 0 Å². The molecule has 0 spiro atoms. The zero-order valence-electron chi connectivity index (χ0n) is 11.3. The molecule has 0 amide bonds. The lowest BCUT2D eigenvalue weighted by atomic mass is 10.2.